The SMILES string of the molecule is CSCc1nc2ccccc2n1CC(=O)N[C@H](CC(C)C)C(=O)O. The number of hydrogen-bond donors (Lipinski definition) is 2. The molecule has 0 aliphatic carbocycles. The van der Waals surface area contributed by atoms with Crippen molar-refractivity contribution in [2.45, 2.75) is 38.6 Å². The van der Waals surface area contributed by atoms with E-state index in [1.54, 1.807) is 11.8 Å². The molecule has 0 unspecified atom stereocenters. The summed E-state index contributed by atoms with van der Waals surface area (Å²) in [6, 6.07) is 6.77. The molecule has 0 spiro atoms. The number of nitrogens with one attached hydrogen (secondary N) is 1. The van der Waals surface area contributed by atoms with Crippen LogP contribution in [0.15, 0.2) is 24.3 Å². The van der Waals surface area contributed by atoms with E-state index in [0.29, 0.717) is 12.2 Å². The van der Waals surface area contributed by atoms with Crippen LogP contribution in [0.25, 0.3) is 11.0 Å². The summed E-state index contributed by atoms with van der Waals surface area (Å²) >= 11 is 1.63. The summed E-state index contributed by atoms with van der Waals surface area (Å²) in [5.41, 5.74) is 1.72. The van der Waals surface area contributed by atoms with E-state index in [1.807, 2.05) is 48.9 Å². The molecule has 2 rings (SSSR count). The number of carbonyl (C=O) groups is 2. The van der Waals surface area contributed by atoms with Gasteiger partial charge in [-0.1, -0.05) is 26.0 Å². The molecule has 0 saturated heterocycles. The van der Waals surface area contributed by atoms with Gasteiger partial charge in [0.05, 0.1) is 16.8 Å². The molecule has 1 amide bonds. The van der Waals surface area contributed by atoms with Gasteiger partial charge in [-0.05, 0) is 30.7 Å². The number of carbonyl (C=O) groups excluding carboxylic acids is 1. The highest BCUT2D eigenvalue weighted by atomic mass is 32.2. The molecule has 1 heterocycles. The molecule has 6 nitrogen and oxygen atoms in total. The number of benzene rings is 1. The highest BCUT2D eigenvalue weighted by Crippen LogP contribution is 2.19. The fourth-order valence-electron chi connectivity index (χ4n) is 2.62. The average molecular weight is 349 g/mol. The Balaban J connectivity index is 2.20. The lowest BCUT2D eigenvalue weighted by molar-refractivity contribution is -0.142. The van der Waals surface area contributed by atoms with Crippen LogP contribution in [0, 0.1) is 5.92 Å². The molecule has 0 fully saturated rings. The normalized spacial score (nSPS) is 12.5. The number of para-hydroxylation sites is 2. The Morgan fingerprint density at radius 3 is 2.67 bits per heavy atom. The van der Waals surface area contributed by atoms with Crippen molar-refractivity contribution < 1.29 is 14.7 Å². The lowest BCUT2D eigenvalue weighted by Gasteiger charge is -2.17. The summed E-state index contributed by atoms with van der Waals surface area (Å²) in [7, 11) is 0. The van der Waals surface area contributed by atoms with Crippen LogP contribution in [0.2, 0.25) is 0 Å². The Labute approximate surface area is 145 Å². The zero-order valence-electron chi connectivity index (χ0n) is 14.2. The number of aromatic nitrogens is 2. The molecule has 24 heavy (non-hydrogen) atoms. The summed E-state index contributed by atoms with van der Waals surface area (Å²) in [6.07, 6.45) is 2.39. The van der Waals surface area contributed by atoms with Crippen LogP contribution in [0.3, 0.4) is 0 Å². The van der Waals surface area contributed by atoms with Crippen LogP contribution < -0.4 is 5.32 Å². The number of thioether (sulfide) groups is 1. The quantitative estimate of drug-likeness (QED) is 0.765. The maximum absolute atomic E-state index is 12.4. The second-order valence-corrected chi connectivity index (χ2v) is 6.99. The number of imidazole rings is 1. The summed E-state index contributed by atoms with van der Waals surface area (Å²) < 4.78 is 1.86. The minimum Gasteiger partial charge on any atom is -0.480 e. The molecule has 1 aromatic carbocycles. The Kier molecular flexibility index (Phi) is 6.25. The van der Waals surface area contributed by atoms with E-state index < -0.39 is 12.0 Å². The molecule has 2 N–H and O–H groups in total. The van der Waals surface area contributed by atoms with E-state index in [9.17, 15) is 14.7 Å². The van der Waals surface area contributed by atoms with Gasteiger partial charge in [0, 0.05) is 0 Å². The standard InChI is InChI=1S/C17H23N3O3S/c1-11(2)8-13(17(22)23)19-16(21)9-20-14-7-5-4-6-12(14)18-15(20)10-24-3/h4-7,11,13H,8-10H2,1-3H3,(H,19,21)(H,22,23)/t13-/m1/s1. The maximum atomic E-state index is 12.4. The van der Waals surface area contributed by atoms with Crippen LogP contribution in [-0.2, 0) is 21.9 Å². The summed E-state index contributed by atoms with van der Waals surface area (Å²) in [6.45, 7) is 3.93. The zero-order valence-corrected chi connectivity index (χ0v) is 15.0. The third-order valence-electron chi connectivity index (χ3n) is 3.65. The minimum absolute atomic E-state index is 0.0677. The first-order valence-electron chi connectivity index (χ1n) is 7.87. The van der Waals surface area contributed by atoms with Gasteiger partial charge < -0.3 is 15.0 Å². The first-order chi connectivity index (χ1) is 11.4. The van der Waals surface area contributed by atoms with Crippen LogP contribution in [0.1, 0.15) is 26.1 Å². The van der Waals surface area contributed by atoms with Crippen molar-refractivity contribution >= 4 is 34.7 Å². The van der Waals surface area contributed by atoms with E-state index in [4.69, 9.17) is 0 Å². The summed E-state index contributed by atoms with van der Waals surface area (Å²) in [5.74, 6) is 0.378. The number of carboxylic acid groups (broad SMARTS) is 1. The molecule has 7 heteroatoms. The van der Waals surface area contributed by atoms with E-state index >= 15 is 0 Å². The fraction of sp³-hybridized carbons (Fsp3) is 0.471. The number of hydrogen-bond acceptors (Lipinski definition) is 4. The van der Waals surface area contributed by atoms with Crippen molar-refractivity contribution in [2.24, 2.45) is 5.92 Å². The van der Waals surface area contributed by atoms with Crippen LogP contribution in [0.4, 0.5) is 0 Å². The molecule has 1 atom stereocenters. The van der Waals surface area contributed by atoms with Gasteiger partial charge >= 0.3 is 5.97 Å². The second-order valence-electron chi connectivity index (χ2n) is 6.12. The maximum Gasteiger partial charge on any atom is 0.326 e. The highest BCUT2D eigenvalue weighted by Gasteiger charge is 2.22. The van der Waals surface area contributed by atoms with E-state index in [0.717, 1.165) is 16.9 Å². The first-order valence-corrected chi connectivity index (χ1v) is 9.27. The Bertz CT molecular complexity index is 727. The Hall–Kier alpha value is -2.02. The van der Waals surface area contributed by atoms with Gasteiger partial charge in [0.15, 0.2) is 0 Å². The molecule has 0 saturated carbocycles. The van der Waals surface area contributed by atoms with E-state index in [-0.39, 0.29) is 18.4 Å². The fourth-order valence-corrected chi connectivity index (χ4v) is 3.10. The van der Waals surface area contributed by atoms with Crippen molar-refractivity contribution in [1.82, 2.24) is 14.9 Å². The third-order valence-corrected chi connectivity index (χ3v) is 4.20. The van der Waals surface area contributed by atoms with Gasteiger partial charge in [-0.15, -0.1) is 0 Å². The number of carboxylic acids is 1. The summed E-state index contributed by atoms with van der Waals surface area (Å²) in [5, 5.41) is 11.9. The topological polar surface area (TPSA) is 84.2 Å². The molecule has 0 radical (unpaired) electrons. The highest BCUT2D eigenvalue weighted by molar-refractivity contribution is 7.97. The number of fused-ring (bicyclic) bond motifs is 1. The van der Waals surface area contributed by atoms with Gasteiger partial charge in [-0.2, -0.15) is 11.8 Å². The van der Waals surface area contributed by atoms with E-state index in [2.05, 4.69) is 10.3 Å². The number of rotatable bonds is 8. The largest absolute Gasteiger partial charge is 0.480 e. The molecule has 1 aromatic heterocycles. The van der Waals surface area contributed by atoms with E-state index in [1.165, 1.54) is 0 Å². The molecule has 0 aliphatic rings. The summed E-state index contributed by atoms with van der Waals surface area (Å²) in [4.78, 5) is 28.3. The molecule has 2 aromatic rings. The minimum atomic E-state index is -1.00. The monoisotopic (exact) mass is 349 g/mol. The molecular formula is C17H23N3O3S. The van der Waals surface area contributed by atoms with Crippen LogP contribution in [-0.4, -0.2) is 38.8 Å². The lowest BCUT2D eigenvalue weighted by Crippen LogP contribution is -2.43. The van der Waals surface area contributed by atoms with Crippen molar-refractivity contribution in [3.63, 3.8) is 0 Å². The Morgan fingerprint density at radius 1 is 1.33 bits per heavy atom. The second kappa shape index (κ2) is 8.19. The number of nitrogens with zero attached hydrogens (tertiary/aromatic N) is 2. The van der Waals surface area contributed by atoms with Crippen molar-refractivity contribution in [2.75, 3.05) is 6.26 Å². The first kappa shape index (κ1) is 18.3. The van der Waals surface area contributed by atoms with Crippen molar-refractivity contribution in [1.29, 1.82) is 0 Å². The Morgan fingerprint density at radius 2 is 2.04 bits per heavy atom. The van der Waals surface area contributed by atoms with Crippen molar-refractivity contribution in [3.05, 3.63) is 30.1 Å². The third kappa shape index (κ3) is 4.50. The predicted molar refractivity (Wildman–Crippen MR) is 96.0 cm³/mol. The van der Waals surface area contributed by atoms with Gasteiger partial charge in [-0.3, -0.25) is 4.79 Å². The van der Waals surface area contributed by atoms with Gasteiger partial charge in [0.2, 0.25) is 5.91 Å². The number of aliphatic carboxylic acids is 1. The van der Waals surface area contributed by atoms with Crippen LogP contribution >= 0.6 is 11.8 Å². The molecule has 0 aliphatic heterocycles. The van der Waals surface area contributed by atoms with Gasteiger partial charge in [-0.25, -0.2) is 9.78 Å². The van der Waals surface area contributed by atoms with Crippen LogP contribution in [0.5, 0.6) is 0 Å². The lowest BCUT2D eigenvalue weighted by atomic mass is 10.0. The number of amides is 1. The molecular weight excluding hydrogens is 326 g/mol. The zero-order chi connectivity index (χ0) is 17.7. The van der Waals surface area contributed by atoms with Crippen molar-refractivity contribution in [3.8, 4) is 0 Å². The molecule has 0 bridgehead atoms. The predicted octanol–water partition coefficient (Wildman–Crippen LogP) is 2.51. The smallest absolute Gasteiger partial charge is 0.326 e. The molecule has 130 valence electrons. The van der Waals surface area contributed by atoms with Gasteiger partial charge in [0.1, 0.15) is 18.4 Å². The van der Waals surface area contributed by atoms with Gasteiger partial charge in [0.25, 0.3) is 0 Å². The average Bonchev–Trinajstić information content (AvgIpc) is 2.84.